The monoisotopic (exact) mass is 272 g/mol. The van der Waals surface area contributed by atoms with Crippen molar-refractivity contribution in [3.8, 4) is 11.8 Å². The van der Waals surface area contributed by atoms with Gasteiger partial charge in [0.25, 0.3) is 5.69 Å². The van der Waals surface area contributed by atoms with E-state index in [1.807, 2.05) is 0 Å². The van der Waals surface area contributed by atoms with Crippen molar-refractivity contribution in [2.45, 2.75) is 0 Å². The van der Waals surface area contributed by atoms with Crippen molar-refractivity contribution in [2.75, 3.05) is 11.1 Å². The van der Waals surface area contributed by atoms with Gasteiger partial charge in [-0.15, -0.1) is 0 Å². The van der Waals surface area contributed by atoms with Gasteiger partial charge in [-0.2, -0.15) is 0 Å². The number of hydrogen-bond donors (Lipinski definition) is 1. The van der Waals surface area contributed by atoms with Crippen LogP contribution in [0.5, 0.6) is 0 Å². The Labute approximate surface area is 93.6 Å². The Morgan fingerprint density at radius 2 is 2.27 bits per heavy atom. The minimum Gasteiger partial charge on any atom is -0.395 e. The Balaban J connectivity index is 3.31. The maximum absolute atomic E-state index is 13.1. The number of benzene rings is 1. The first-order valence-electron chi connectivity index (χ1n) is 3.84. The Bertz CT molecular complexity index is 465. The second-order valence-electron chi connectivity index (χ2n) is 2.58. The van der Waals surface area contributed by atoms with Crippen LogP contribution in [0.1, 0.15) is 5.56 Å². The fourth-order valence-electron chi connectivity index (χ4n) is 0.941. The van der Waals surface area contributed by atoms with E-state index >= 15 is 0 Å². The maximum atomic E-state index is 13.1. The average Bonchev–Trinajstić information content (AvgIpc) is 2.19. The van der Waals surface area contributed by atoms with Crippen molar-refractivity contribution in [3.63, 3.8) is 0 Å². The summed E-state index contributed by atoms with van der Waals surface area (Å²) in [6.45, 7) is 0. The first-order valence-corrected chi connectivity index (χ1v) is 4.96. The zero-order valence-corrected chi connectivity index (χ0v) is 9.04. The van der Waals surface area contributed by atoms with Crippen molar-refractivity contribution < 1.29 is 9.31 Å². The molecule has 2 N–H and O–H groups in total. The number of hydrogen-bond acceptors (Lipinski definition) is 3. The molecule has 0 amide bonds. The predicted molar refractivity (Wildman–Crippen MR) is 58.1 cm³/mol. The van der Waals surface area contributed by atoms with Gasteiger partial charge in [-0.05, 0) is 0 Å². The SMILES string of the molecule is Nc1c(F)cc([N+](=O)[O-])cc1C#CCBr. The topological polar surface area (TPSA) is 69.2 Å². The summed E-state index contributed by atoms with van der Waals surface area (Å²) in [6.07, 6.45) is 0. The molecular weight excluding hydrogens is 267 g/mol. The number of nitrogens with two attached hydrogens (primary N) is 1. The van der Waals surface area contributed by atoms with E-state index in [9.17, 15) is 14.5 Å². The van der Waals surface area contributed by atoms with E-state index in [1.165, 1.54) is 0 Å². The van der Waals surface area contributed by atoms with Crippen LogP contribution < -0.4 is 5.73 Å². The van der Waals surface area contributed by atoms with E-state index in [-0.39, 0.29) is 16.9 Å². The van der Waals surface area contributed by atoms with Crippen LogP contribution >= 0.6 is 15.9 Å². The number of alkyl halides is 1. The molecule has 0 aliphatic rings. The number of nitro groups is 1. The van der Waals surface area contributed by atoms with E-state index in [4.69, 9.17) is 5.73 Å². The van der Waals surface area contributed by atoms with Crippen LogP contribution in [-0.2, 0) is 0 Å². The molecule has 0 aliphatic heterocycles. The highest BCUT2D eigenvalue weighted by molar-refractivity contribution is 9.09. The summed E-state index contributed by atoms with van der Waals surface area (Å²) in [5.74, 6) is 4.30. The van der Waals surface area contributed by atoms with Crippen LogP contribution in [0.15, 0.2) is 12.1 Å². The molecular formula is C9H6BrFN2O2. The highest BCUT2D eigenvalue weighted by atomic mass is 79.9. The molecule has 1 aromatic carbocycles. The second-order valence-corrected chi connectivity index (χ2v) is 3.14. The minimum absolute atomic E-state index is 0.126. The van der Waals surface area contributed by atoms with Gasteiger partial charge in [0.05, 0.1) is 27.6 Å². The summed E-state index contributed by atoms with van der Waals surface area (Å²) < 4.78 is 13.1. The van der Waals surface area contributed by atoms with Gasteiger partial charge in [0, 0.05) is 6.07 Å². The molecule has 0 saturated heterocycles. The lowest BCUT2D eigenvalue weighted by atomic mass is 10.1. The third-order valence-electron chi connectivity index (χ3n) is 1.61. The number of anilines is 1. The smallest absolute Gasteiger partial charge is 0.273 e. The minimum atomic E-state index is -0.830. The standard InChI is InChI=1S/C9H6BrFN2O2/c10-3-1-2-6-4-7(13(14)15)5-8(11)9(6)12/h4-5H,3,12H2. The highest BCUT2D eigenvalue weighted by Crippen LogP contribution is 2.22. The third kappa shape index (κ3) is 2.67. The van der Waals surface area contributed by atoms with Crippen LogP contribution in [0, 0.1) is 27.8 Å². The molecule has 0 radical (unpaired) electrons. The zero-order valence-electron chi connectivity index (χ0n) is 7.46. The van der Waals surface area contributed by atoms with Crippen LogP contribution in [0.25, 0.3) is 0 Å². The maximum Gasteiger partial charge on any atom is 0.273 e. The Kier molecular flexibility index (Phi) is 3.63. The lowest BCUT2D eigenvalue weighted by Crippen LogP contribution is -1.98. The summed E-state index contributed by atoms with van der Waals surface area (Å²) >= 11 is 3.06. The largest absolute Gasteiger partial charge is 0.395 e. The molecule has 0 atom stereocenters. The number of nitrogen functional groups attached to an aromatic ring is 1. The summed E-state index contributed by atoms with van der Waals surface area (Å²) in [5, 5.41) is 10.8. The molecule has 1 aromatic rings. The summed E-state index contributed by atoms with van der Waals surface area (Å²) in [4.78, 5) is 9.74. The third-order valence-corrected chi connectivity index (χ3v) is 1.90. The molecule has 0 bridgehead atoms. The lowest BCUT2D eigenvalue weighted by molar-refractivity contribution is -0.385. The summed E-state index contributed by atoms with van der Waals surface area (Å²) in [7, 11) is 0. The Morgan fingerprint density at radius 1 is 1.60 bits per heavy atom. The second kappa shape index (κ2) is 4.75. The molecule has 78 valence electrons. The van der Waals surface area contributed by atoms with Crippen LogP contribution in [0.3, 0.4) is 0 Å². The molecule has 0 spiro atoms. The number of non-ortho nitro benzene ring substituents is 1. The van der Waals surface area contributed by atoms with Gasteiger partial charge in [0.15, 0.2) is 5.82 Å². The van der Waals surface area contributed by atoms with Gasteiger partial charge in [0.1, 0.15) is 0 Å². The van der Waals surface area contributed by atoms with Crippen molar-refractivity contribution in [1.82, 2.24) is 0 Å². The number of nitro benzene ring substituents is 1. The fraction of sp³-hybridized carbons (Fsp3) is 0.111. The van der Waals surface area contributed by atoms with Gasteiger partial charge >= 0.3 is 0 Å². The average molecular weight is 273 g/mol. The van der Waals surface area contributed by atoms with Crippen LogP contribution in [0.2, 0.25) is 0 Å². The Morgan fingerprint density at radius 3 is 2.80 bits per heavy atom. The molecule has 1 rings (SSSR count). The van der Waals surface area contributed by atoms with Gasteiger partial charge < -0.3 is 5.73 Å². The fourth-order valence-corrected chi connectivity index (χ4v) is 1.08. The molecule has 4 nitrogen and oxygen atoms in total. The molecule has 0 heterocycles. The molecule has 0 aliphatic carbocycles. The van der Waals surface area contributed by atoms with E-state index in [0.29, 0.717) is 5.33 Å². The van der Waals surface area contributed by atoms with Gasteiger partial charge in [-0.1, -0.05) is 27.8 Å². The lowest BCUT2D eigenvalue weighted by Gasteiger charge is -1.99. The first kappa shape index (κ1) is 11.5. The number of nitrogens with zero attached hydrogens (tertiary/aromatic N) is 1. The normalized spacial score (nSPS) is 9.20. The van der Waals surface area contributed by atoms with Crippen molar-refractivity contribution in [2.24, 2.45) is 0 Å². The van der Waals surface area contributed by atoms with E-state index < -0.39 is 10.7 Å². The first-order chi connectivity index (χ1) is 7.06. The highest BCUT2D eigenvalue weighted by Gasteiger charge is 2.13. The molecule has 0 aromatic heterocycles. The molecule has 0 saturated carbocycles. The summed E-state index contributed by atoms with van der Waals surface area (Å²) in [5.41, 5.74) is 4.97. The molecule has 0 unspecified atom stereocenters. The van der Waals surface area contributed by atoms with Crippen molar-refractivity contribution in [3.05, 3.63) is 33.6 Å². The number of rotatable bonds is 1. The van der Waals surface area contributed by atoms with E-state index in [1.54, 1.807) is 0 Å². The van der Waals surface area contributed by atoms with E-state index in [0.717, 1.165) is 12.1 Å². The van der Waals surface area contributed by atoms with Gasteiger partial charge in [-0.25, -0.2) is 4.39 Å². The van der Waals surface area contributed by atoms with Gasteiger partial charge in [-0.3, -0.25) is 10.1 Å². The van der Waals surface area contributed by atoms with Crippen LogP contribution in [-0.4, -0.2) is 10.3 Å². The zero-order chi connectivity index (χ0) is 11.4. The van der Waals surface area contributed by atoms with Crippen molar-refractivity contribution >= 4 is 27.3 Å². The van der Waals surface area contributed by atoms with E-state index in [2.05, 4.69) is 27.8 Å². The molecule has 6 heteroatoms. The molecule has 0 fully saturated rings. The van der Waals surface area contributed by atoms with Crippen molar-refractivity contribution in [1.29, 1.82) is 0 Å². The summed E-state index contributed by atoms with van der Waals surface area (Å²) in [6, 6.07) is 1.92. The molecule has 15 heavy (non-hydrogen) atoms. The van der Waals surface area contributed by atoms with Gasteiger partial charge in [0.2, 0.25) is 0 Å². The predicted octanol–water partition coefficient (Wildman–Crippen LogP) is 2.06. The van der Waals surface area contributed by atoms with Crippen LogP contribution in [0.4, 0.5) is 15.8 Å². The number of halogens is 2. The Hall–Kier alpha value is -1.61. The quantitative estimate of drug-likeness (QED) is 0.280.